The molecule has 2 heterocycles. The second kappa shape index (κ2) is 7.51. The number of benzene rings is 1. The molecule has 24 heavy (non-hydrogen) atoms. The number of hydrogen-bond acceptors (Lipinski definition) is 3. The molecule has 0 N–H and O–H groups in total. The van der Waals surface area contributed by atoms with Crippen molar-refractivity contribution in [2.24, 2.45) is 0 Å². The largest absolute Gasteiger partial charge is 0.327 e. The van der Waals surface area contributed by atoms with E-state index < -0.39 is 0 Å². The van der Waals surface area contributed by atoms with Crippen molar-refractivity contribution in [2.45, 2.75) is 19.5 Å². The molecule has 1 atom stereocenters. The Morgan fingerprint density at radius 1 is 0.958 bits per heavy atom. The van der Waals surface area contributed by atoms with E-state index in [1.807, 2.05) is 54.3 Å². The lowest BCUT2D eigenvalue weighted by Crippen LogP contribution is -2.33. The van der Waals surface area contributed by atoms with E-state index in [2.05, 4.69) is 9.97 Å². The third-order valence-electron chi connectivity index (χ3n) is 3.99. The van der Waals surface area contributed by atoms with E-state index in [4.69, 9.17) is 0 Å². The molecule has 0 aliphatic carbocycles. The van der Waals surface area contributed by atoms with Crippen molar-refractivity contribution < 1.29 is 4.79 Å². The van der Waals surface area contributed by atoms with Gasteiger partial charge in [0.15, 0.2) is 0 Å². The van der Waals surface area contributed by atoms with Crippen LogP contribution in [0.3, 0.4) is 0 Å². The van der Waals surface area contributed by atoms with E-state index in [1.165, 1.54) is 0 Å². The minimum absolute atomic E-state index is 0.0386. The second-order valence-corrected chi connectivity index (χ2v) is 5.62. The Morgan fingerprint density at radius 2 is 1.67 bits per heavy atom. The summed E-state index contributed by atoms with van der Waals surface area (Å²) in [4.78, 5) is 23.1. The van der Waals surface area contributed by atoms with Crippen molar-refractivity contribution >= 4 is 5.91 Å². The highest BCUT2D eigenvalue weighted by atomic mass is 16.2. The molecule has 0 saturated heterocycles. The van der Waals surface area contributed by atoms with Crippen molar-refractivity contribution in [3.05, 3.63) is 96.1 Å². The maximum Gasteiger partial charge on any atom is 0.256 e. The van der Waals surface area contributed by atoms with Crippen LogP contribution in [0.4, 0.5) is 0 Å². The highest BCUT2D eigenvalue weighted by Crippen LogP contribution is 2.24. The van der Waals surface area contributed by atoms with Gasteiger partial charge in [-0.15, -0.1) is 0 Å². The molecule has 0 saturated carbocycles. The van der Waals surface area contributed by atoms with Crippen LogP contribution in [-0.4, -0.2) is 20.8 Å². The van der Waals surface area contributed by atoms with E-state index in [0.717, 1.165) is 11.1 Å². The fourth-order valence-electron chi connectivity index (χ4n) is 2.64. The molecule has 2 aromatic heterocycles. The van der Waals surface area contributed by atoms with E-state index >= 15 is 0 Å². The Morgan fingerprint density at radius 3 is 2.29 bits per heavy atom. The van der Waals surface area contributed by atoms with Crippen LogP contribution in [0.5, 0.6) is 0 Å². The van der Waals surface area contributed by atoms with Gasteiger partial charge in [-0.3, -0.25) is 14.8 Å². The summed E-state index contributed by atoms with van der Waals surface area (Å²) in [7, 11) is 0. The monoisotopic (exact) mass is 317 g/mol. The molecule has 3 aromatic rings. The lowest BCUT2D eigenvalue weighted by atomic mass is 10.0. The third kappa shape index (κ3) is 3.66. The highest BCUT2D eigenvalue weighted by molar-refractivity contribution is 5.94. The molecule has 4 heteroatoms. The first kappa shape index (κ1) is 15.9. The smallest absolute Gasteiger partial charge is 0.256 e. The zero-order chi connectivity index (χ0) is 16.8. The summed E-state index contributed by atoms with van der Waals surface area (Å²) in [5.74, 6) is -0.0386. The van der Waals surface area contributed by atoms with E-state index in [1.54, 1.807) is 36.9 Å². The van der Waals surface area contributed by atoms with Gasteiger partial charge in [-0.1, -0.05) is 36.4 Å². The average Bonchev–Trinajstić information content (AvgIpc) is 2.67. The number of pyridine rings is 2. The lowest BCUT2D eigenvalue weighted by molar-refractivity contribution is 0.0673. The molecule has 0 radical (unpaired) electrons. The fraction of sp³-hybridized carbons (Fsp3) is 0.150. The van der Waals surface area contributed by atoms with Gasteiger partial charge in [0.25, 0.3) is 5.91 Å². The van der Waals surface area contributed by atoms with Crippen LogP contribution >= 0.6 is 0 Å². The predicted octanol–water partition coefficient (Wildman–Crippen LogP) is 3.88. The quantitative estimate of drug-likeness (QED) is 0.717. The van der Waals surface area contributed by atoms with Crippen LogP contribution in [0.15, 0.2) is 79.4 Å². The average molecular weight is 317 g/mol. The number of nitrogens with zero attached hydrogens (tertiary/aromatic N) is 3. The summed E-state index contributed by atoms with van der Waals surface area (Å²) in [5, 5.41) is 0. The normalized spacial score (nSPS) is 11.7. The van der Waals surface area contributed by atoms with Gasteiger partial charge in [-0.2, -0.15) is 0 Å². The molecule has 4 nitrogen and oxygen atoms in total. The second-order valence-electron chi connectivity index (χ2n) is 5.62. The van der Waals surface area contributed by atoms with Gasteiger partial charge < -0.3 is 4.90 Å². The summed E-state index contributed by atoms with van der Waals surface area (Å²) >= 11 is 0. The van der Waals surface area contributed by atoms with Crippen molar-refractivity contribution in [3.63, 3.8) is 0 Å². The van der Waals surface area contributed by atoms with E-state index in [0.29, 0.717) is 12.1 Å². The Kier molecular flexibility index (Phi) is 4.96. The molecule has 1 aromatic carbocycles. The molecule has 0 bridgehead atoms. The van der Waals surface area contributed by atoms with Gasteiger partial charge in [-0.05, 0) is 36.2 Å². The molecule has 0 unspecified atom stereocenters. The number of carbonyl (C=O) groups is 1. The van der Waals surface area contributed by atoms with E-state index in [-0.39, 0.29) is 11.9 Å². The Bertz CT molecular complexity index is 776. The maximum atomic E-state index is 13.0. The lowest BCUT2D eigenvalue weighted by Gasteiger charge is -2.30. The van der Waals surface area contributed by atoms with Crippen LogP contribution < -0.4 is 0 Å². The first-order chi connectivity index (χ1) is 11.8. The number of amides is 1. The fourth-order valence-corrected chi connectivity index (χ4v) is 2.64. The molecule has 0 aliphatic heterocycles. The number of rotatable bonds is 5. The zero-order valence-electron chi connectivity index (χ0n) is 13.5. The SMILES string of the molecule is C[C@@H](c1ccccc1)N(Cc1cccnc1)C(=O)c1cccnc1. The third-order valence-corrected chi connectivity index (χ3v) is 3.99. The molecule has 0 aliphatic rings. The van der Waals surface area contributed by atoms with Crippen LogP contribution in [0.1, 0.15) is 34.5 Å². The Balaban J connectivity index is 1.93. The predicted molar refractivity (Wildman–Crippen MR) is 93.2 cm³/mol. The van der Waals surface area contributed by atoms with Gasteiger partial charge in [-0.25, -0.2) is 0 Å². The van der Waals surface area contributed by atoms with Gasteiger partial charge >= 0.3 is 0 Å². The molecule has 120 valence electrons. The maximum absolute atomic E-state index is 13.0. The van der Waals surface area contributed by atoms with Crippen LogP contribution in [-0.2, 0) is 6.54 Å². The van der Waals surface area contributed by atoms with E-state index in [9.17, 15) is 4.79 Å². The topological polar surface area (TPSA) is 46.1 Å². The summed E-state index contributed by atoms with van der Waals surface area (Å²) in [6.45, 7) is 2.54. The molecular weight excluding hydrogens is 298 g/mol. The standard InChI is InChI=1S/C20H19N3O/c1-16(18-8-3-2-4-9-18)23(15-17-7-5-11-21-13-17)20(24)19-10-6-12-22-14-19/h2-14,16H,15H2,1H3/t16-/m0/s1. The van der Waals surface area contributed by atoms with Gasteiger partial charge in [0.2, 0.25) is 0 Å². The molecule has 3 rings (SSSR count). The van der Waals surface area contributed by atoms with Crippen molar-refractivity contribution in [2.75, 3.05) is 0 Å². The Labute approximate surface area is 141 Å². The summed E-state index contributed by atoms with van der Waals surface area (Å²) < 4.78 is 0. The van der Waals surface area contributed by atoms with Gasteiger partial charge in [0.05, 0.1) is 11.6 Å². The van der Waals surface area contributed by atoms with Crippen LogP contribution in [0, 0.1) is 0 Å². The molecule has 1 amide bonds. The Hall–Kier alpha value is -3.01. The minimum atomic E-state index is -0.0564. The molecule has 0 spiro atoms. The van der Waals surface area contributed by atoms with Crippen LogP contribution in [0.2, 0.25) is 0 Å². The van der Waals surface area contributed by atoms with Crippen LogP contribution in [0.25, 0.3) is 0 Å². The van der Waals surface area contributed by atoms with Crippen molar-refractivity contribution in [1.29, 1.82) is 0 Å². The summed E-state index contributed by atoms with van der Waals surface area (Å²) in [6, 6.07) is 17.4. The zero-order valence-corrected chi connectivity index (χ0v) is 13.5. The molecule has 0 fully saturated rings. The number of hydrogen-bond donors (Lipinski definition) is 0. The van der Waals surface area contributed by atoms with Crippen molar-refractivity contribution in [3.8, 4) is 0 Å². The summed E-state index contributed by atoms with van der Waals surface area (Å²) in [5.41, 5.74) is 2.68. The highest BCUT2D eigenvalue weighted by Gasteiger charge is 2.23. The van der Waals surface area contributed by atoms with Gasteiger partial charge in [0, 0.05) is 31.3 Å². The number of carbonyl (C=O) groups excluding carboxylic acids is 1. The first-order valence-electron chi connectivity index (χ1n) is 7.90. The van der Waals surface area contributed by atoms with Crippen molar-refractivity contribution in [1.82, 2.24) is 14.9 Å². The first-order valence-corrected chi connectivity index (χ1v) is 7.90. The summed E-state index contributed by atoms with van der Waals surface area (Å²) in [6.07, 6.45) is 6.80. The molecular formula is C20H19N3O. The van der Waals surface area contributed by atoms with Gasteiger partial charge in [0.1, 0.15) is 0 Å². The number of aromatic nitrogens is 2. The minimum Gasteiger partial charge on any atom is -0.327 e.